The second-order valence-electron chi connectivity index (χ2n) is 11.1. The van der Waals surface area contributed by atoms with E-state index in [4.69, 9.17) is 16.3 Å². The summed E-state index contributed by atoms with van der Waals surface area (Å²) in [7, 11) is -2.81. The number of hydrogen-bond acceptors (Lipinski definition) is 5. The van der Waals surface area contributed by atoms with Crippen molar-refractivity contribution in [2.75, 3.05) is 18.0 Å². The highest BCUT2D eigenvalue weighted by atomic mass is 35.5. The number of sulfonamides is 1. The van der Waals surface area contributed by atoms with Gasteiger partial charge in [-0.25, -0.2) is 12.8 Å². The van der Waals surface area contributed by atoms with Crippen LogP contribution >= 0.6 is 11.6 Å². The van der Waals surface area contributed by atoms with Crippen LogP contribution in [0.2, 0.25) is 5.02 Å². The predicted octanol–water partition coefficient (Wildman–Crippen LogP) is 6.25. The number of halogens is 2. The van der Waals surface area contributed by atoms with Gasteiger partial charge in [-0.15, -0.1) is 0 Å². The van der Waals surface area contributed by atoms with Gasteiger partial charge >= 0.3 is 0 Å². The number of amides is 2. The van der Waals surface area contributed by atoms with Crippen molar-refractivity contribution in [3.05, 3.63) is 88.7 Å². The molecular formula is C33H39ClFN3O5S. The van der Waals surface area contributed by atoms with E-state index in [2.05, 4.69) is 5.32 Å². The number of hydrogen-bond donors (Lipinski definition) is 1. The van der Waals surface area contributed by atoms with Gasteiger partial charge in [0.2, 0.25) is 11.8 Å². The first-order valence-corrected chi connectivity index (χ1v) is 16.6. The van der Waals surface area contributed by atoms with Crippen molar-refractivity contribution in [1.82, 2.24) is 10.2 Å². The minimum atomic E-state index is -4.25. The van der Waals surface area contributed by atoms with Crippen LogP contribution in [0.5, 0.6) is 5.75 Å². The number of rotatable bonds is 12. The number of carbonyl (C=O) groups excluding carboxylic acids is 2. The maximum absolute atomic E-state index is 14.2. The SMILES string of the molecule is CCC(C(=O)NC1CCCCC1)N(Cc1ccc(F)cc1)C(=O)CN(c1ccc(OC)c(Cl)c1)S(=O)(=O)c1ccc(C)cc1. The lowest BCUT2D eigenvalue weighted by atomic mass is 9.95. The Morgan fingerprint density at radius 1 is 1.02 bits per heavy atom. The molecule has 2 amide bonds. The predicted molar refractivity (Wildman–Crippen MR) is 170 cm³/mol. The van der Waals surface area contributed by atoms with E-state index in [1.807, 2.05) is 6.92 Å². The molecule has 0 spiro atoms. The van der Waals surface area contributed by atoms with E-state index in [-0.39, 0.29) is 34.1 Å². The van der Waals surface area contributed by atoms with Gasteiger partial charge in [0, 0.05) is 12.6 Å². The van der Waals surface area contributed by atoms with Crippen LogP contribution in [0.15, 0.2) is 71.6 Å². The third kappa shape index (κ3) is 8.09. The maximum Gasteiger partial charge on any atom is 0.264 e. The van der Waals surface area contributed by atoms with Gasteiger partial charge in [-0.3, -0.25) is 13.9 Å². The second-order valence-corrected chi connectivity index (χ2v) is 13.3. The Morgan fingerprint density at radius 2 is 1.68 bits per heavy atom. The fraction of sp³-hybridized carbons (Fsp3) is 0.394. The Hall–Kier alpha value is -3.63. The van der Waals surface area contributed by atoms with Crippen molar-refractivity contribution >= 4 is 39.1 Å². The first kappa shape index (κ1) is 33.3. The molecule has 0 radical (unpaired) electrons. The van der Waals surface area contributed by atoms with Gasteiger partial charge in [0.1, 0.15) is 24.2 Å². The van der Waals surface area contributed by atoms with Crippen LogP contribution in [0.3, 0.4) is 0 Å². The largest absolute Gasteiger partial charge is 0.495 e. The minimum Gasteiger partial charge on any atom is -0.495 e. The highest BCUT2D eigenvalue weighted by Crippen LogP contribution is 2.32. The standard InChI is InChI=1S/C33H39ClFN3O5S/c1-4-30(33(40)36-26-8-6-5-7-9-26)37(21-24-12-14-25(35)15-13-24)32(39)22-38(27-16-19-31(43-3)29(34)20-27)44(41,42)28-17-10-23(2)11-18-28/h10-20,26,30H,4-9,21-22H2,1-3H3,(H,36,40). The van der Waals surface area contributed by atoms with Gasteiger partial charge in [0.15, 0.2) is 0 Å². The van der Waals surface area contributed by atoms with E-state index in [1.165, 1.54) is 54.5 Å². The van der Waals surface area contributed by atoms with Crippen LogP contribution in [0, 0.1) is 12.7 Å². The molecule has 236 valence electrons. The van der Waals surface area contributed by atoms with E-state index < -0.39 is 34.3 Å². The molecular weight excluding hydrogens is 605 g/mol. The summed E-state index contributed by atoms with van der Waals surface area (Å²) in [6.45, 7) is 3.03. The first-order valence-electron chi connectivity index (χ1n) is 14.8. The van der Waals surface area contributed by atoms with Crippen LogP contribution < -0.4 is 14.4 Å². The summed E-state index contributed by atoms with van der Waals surface area (Å²) in [6.07, 6.45) is 5.21. The number of nitrogens with zero attached hydrogens (tertiary/aromatic N) is 2. The molecule has 1 fully saturated rings. The normalized spacial score (nSPS) is 14.5. The maximum atomic E-state index is 14.2. The van der Waals surface area contributed by atoms with Gasteiger partial charge in [-0.2, -0.15) is 0 Å². The van der Waals surface area contributed by atoms with Crippen LogP contribution in [-0.4, -0.2) is 50.9 Å². The van der Waals surface area contributed by atoms with Crippen LogP contribution in [0.25, 0.3) is 0 Å². The molecule has 11 heteroatoms. The molecule has 0 aliphatic heterocycles. The van der Waals surface area contributed by atoms with Crippen molar-refractivity contribution < 1.29 is 27.1 Å². The molecule has 1 saturated carbocycles. The molecule has 1 atom stereocenters. The van der Waals surface area contributed by atoms with E-state index in [0.717, 1.165) is 42.0 Å². The highest BCUT2D eigenvalue weighted by Gasteiger charge is 2.34. The Morgan fingerprint density at radius 3 is 2.27 bits per heavy atom. The summed E-state index contributed by atoms with van der Waals surface area (Å²) in [5.41, 5.74) is 1.63. The van der Waals surface area contributed by atoms with Crippen LogP contribution in [0.4, 0.5) is 10.1 Å². The lowest BCUT2D eigenvalue weighted by Crippen LogP contribution is -2.54. The molecule has 3 aromatic carbocycles. The smallest absolute Gasteiger partial charge is 0.264 e. The zero-order valence-electron chi connectivity index (χ0n) is 25.3. The number of nitrogens with one attached hydrogen (secondary N) is 1. The lowest BCUT2D eigenvalue weighted by Gasteiger charge is -2.34. The zero-order chi connectivity index (χ0) is 31.9. The van der Waals surface area contributed by atoms with E-state index in [9.17, 15) is 22.4 Å². The Kier molecular flexibility index (Phi) is 11.3. The first-order chi connectivity index (χ1) is 21.0. The molecule has 0 saturated heterocycles. The zero-order valence-corrected chi connectivity index (χ0v) is 26.8. The van der Waals surface area contributed by atoms with Gasteiger partial charge in [-0.1, -0.05) is 67.6 Å². The van der Waals surface area contributed by atoms with E-state index >= 15 is 0 Å². The van der Waals surface area contributed by atoms with E-state index in [0.29, 0.717) is 17.7 Å². The van der Waals surface area contributed by atoms with Gasteiger partial charge in [0.05, 0.1) is 22.7 Å². The summed E-state index contributed by atoms with van der Waals surface area (Å²) in [4.78, 5) is 29.2. The van der Waals surface area contributed by atoms with Crippen molar-refractivity contribution in [3.63, 3.8) is 0 Å². The third-order valence-electron chi connectivity index (χ3n) is 7.91. The number of benzene rings is 3. The summed E-state index contributed by atoms with van der Waals surface area (Å²) >= 11 is 6.39. The number of carbonyl (C=O) groups is 2. The monoisotopic (exact) mass is 643 g/mol. The van der Waals surface area contributed by atoms with Crippen molar-refractivity contribution in [1.29, 1.82) is 0 Å². The van der Waals surface area contributed by atoms with Gasteiger partial charge < -0.3 is 15.0 Å². The van der Waals surface area contributed by atoms with Gasteiger partial charge in [-0.05, 0) is 74.2 Å². The lowest BCUT2D eigenvalue weighted by molar-refractivity contribution is -0.140. The molecule has 0 heterocycles. The van der Waals surface area contributed by atoms with Crippen molar-refractivity contribution in [3.8, 4) is 5.75 Å². The quantitative estimate of drug-likeness (QED) is 0.252. The number of aryl methyl sites for hydroxylation is 1. The van der Waals surface area contributed by atoms with Crippen LogP contribution in [0.1, 0.15) is 56.6 Å². The van der Waals surface area contributed by atoms with Crippen LogP contribution in [-0.2, 0) is 26.2 Å². The fourth-order valence-corrected chi connectivity index (χ4v) is 7.08. The van der Waals surface area contributed by atoms with E-state index in [1.54, 1.807) is 31.2 Å². The molecule has 1 aliphatic carbocycles. The molecule has 1 aliphatic rings. The molecule has 8 nitrogen and oxygen atoms in total. The molecule has 44 heavy (non-hydrogen) atoms. The van der Waals surface area contributed by atoms with Gasteiger partial charge in [0.25, 0.3) is 10.0 Å². The Bertz CT molecular complexity index is 1540. The topological polar surface area (TPSA) is 96.0 Å². The third-order valence-corrected chi connectivity index (χ3v) is 10.00. The average Bonchev–Trinajstić information content (AvgIpc) is 3.01. The molecule has 1 N–H and O–H groups in total. The summed E-state index contributed by atoms with van der Waals surface area (Å²) < 4.78 is 48.1. The highest BCUT2D eigenvalue weighted by molar-refractivity contribution is 7.92. The molecule has 4 rings (SSSR count). The van der Waals surface area contributed by atoms with Crippen molar-refractivity contribution in [2.24, 2.45) is 0 Å². The summed E-state index contributed by atoms with van der Waals surface area (Å²) in [5, 5.41) is 3.28. The Balaban J connectivity index is 1.73. The fourth-order valence-electron chi connectivity index (χ4n) is 5.43. The molecule has 0 aromatic heterocycles. The number of methoxy groups -OCH3 is 1. The molecule has 3 aromatic rings. The minimum absolute atomic E-state index is 0.00462. The summed E-state index contributed by atoms with van der Waals surface area (Å²) in [5.74, 6) is -0.976. The number of ether oxygens (including phenoxy) is 1. The summed E-state index contributed by atoms with van der Waals surface area (Å²) in [6, 6.07) is 15.6. The second kappa shape index (κ2) is 14.9. The molecule has 0 bridgehead atoms. The average molecular weight is 644 g/mol. The van der Waals surface area contributed by atoms with Crippen molar-refractivity contribution in [2.45, 2.75) is 75.9 Å². The number of anilines is 1. The Labute approximate surface area is 264 Å². The molecule has 1 unspecified atom stereocenters.